The average Bonchev–Trinajstić information content (AvgIpc) is 3.03. The van der Waals surface area contributed by atoms with E-state index < -0.39 is 0 Å². The first-order chi connectivity index (χ1) is 11.2. The highest BCUT2D eigenvalue weighted by Crippen LogP contribution is 2.18. The third-order valence-electron chi connectivity index (χ3n) is 3.89. The Morgan fingerprint density at radius 2 is 1.96 bits per heavy atom. The van der Waals surface area contributed by atoms with Crippen LogP contribution in [0, 0.1) is 0 Å². The zero-order valence-corrected chi connectivity index (χ0v) is 13.2. The summed E-state index contributed by atoms with van der Waals surface area (Å²) in [5.41, 5.74) is 3.27. The molecular weight excluding hydrogens is 286 g/mol. The van der Waals surface area contributed by atoms with Gasteiger partial charge in [0, 0.05) is 29.3 Å². The summed E-state index contributed by atoms with van der Waals surface area (Å²) in [7, 11) is 0. The maximum absolute atomic E-state index is 12.2. The number of benzene rings is 2. The molecule has 0 saturated heterocycles. The van der Waals surface area contributed by atoms with Crippen LogP contribution in [0.3, 0.4) is 0 Å². The predicted molar refractivity (Wildman–Crippen MR) is 94.5 cm³/mol. The number of H-pyrrole nitrogens is 1. The van der Waals surface area contributed by atoms with Gasteiger partial charge in [0.2, 0.25) is 5.91 Å². The van der Waals surface area contributed by atoms with Crippen molar-refractivity contribution in [3.63, 3.8) is 0 Å². The first-order valence-corrected chi connectivity index (χ1v) is 7.88. The van der Waals surface area contributed by atoms with Crippen molar-refractivity contribution in [2.24, 2.45) is 0 Å². The van der Waals surface area contributed by atoms with Crippen LogP contribution in [-0.4, -0.2) is 23.5 Å². The molecule has 0 aliphatic carbocycles. The third-order valence-corrected chi connectivity index (χ3v) is 3.89. The molecular formula is C19H21N3O. The van der Waals surface area contributed by atoms with Crippen LogP contribution in [0.25, 0.3) is 10.9 Å². The highest BCUT2D eigenvalue weighted by molar-refractivity contribution is 5.87. The van der Waals surface area contributed by atoms with E-state index in [1.807, 2.05) is 55.6 Å². The fourth-order valence-corrected chi connectivity index (χ4v) is 2.59. The Balaban J connectivity index is 1.50. The smallest absolute Gasteiger partial charge is 0.242 e. The largest absolute Gasteiger partial charge is 0.374 e. The number of aromatic amines is 1. The molecule has 4 nitrogen and oxygen atoms in total. The Morgan fingerprint density at radius 3 is 2.78 bits per heavy atom. The summed E-state index contributed by atoms with van der Waals surface area (Å²) in [6.07, 6.45) is 2.75. The van der Waals surface area contributed by atoms with Crippen LogP contribution >= 0.6 is 0 Å². The Labute approximate surface area is 135 Å². The molecule has 0 spiro atoms. The van der Waals surface area contributed by atoms with E-state index in [-0.39, 0.29) is 11.9 Å². The maximum atomic E-state index is 12.2. The van der Waals surface area contributed by atoms with Crippen molar-refractivity contribution in [2.75, 3.05) is 11.9 Å². The van der Waals surface area contributed by atoms with Gasteiger partial charge in [0.1, 0.15) is 6.04 Å². The van der Waals surface area contributed by atoms with E-state index in [9.17, 15) is 4.79 Å². The summed E-state index contributed by atoms with van der Waals surface area (Å²) >= 11 is 0. The number of hydrogen-bond donors (Lipinski definition) is 3. The van der Waals surface area contributed by atoms with E-state index in [0.717, 1.165) is 23.0 Å². The van der Waals surface area contributed by atoms with Crippen LogP contribution in [0.4, 0.5) is 5.69 Å². The molecule has 0 fully saturated rings. The quantitative estimate of drug-likeness (QED) is 0.654. The van der Waals surface area contributed by atoms with Gasteiger partial charge in [-0.15, -0.1) is 0 Å². The summed E-state index contributed by atoms with van der Waals surface area (Å²) in [5.74, 6) is 0.00935. The number of anilines is 1. The van der Waals surface area contributed by atoms with Gasteiger partial charge in [0.25, 0.3) is 0 Å². The second-order valence-corrected chi connectivity index (χ2v) is 5.67. The Kier molecular flexibility index (Phi) is 4.62. The summed E-state index contributed by atoms with van der Waals surface area (Å²) in [4.78, 5) is 15.3. The number of rotatable bonds is 6. The van der Waals surface area contributed by atoms with Gasteiger partial charge in [-0.1, -0.05) is 30.3 Å². The van der Waals surface area contributed by atoms with E-state index in [0.29, 0.717) is 6.54 Å². The lowest BCUT2D eigenvalue weighted by Gasteiger charge is -2.15. The predicted octanol–water partition coefficient (Wildman–Crippen LogP) is 3.33. The van der Waals surface area contributed by atoms with Crippen LogP contribution in [0.5, 0.6) is 0 Å². The molecule has 0 unspecified atom stereocenters. The van der Waals surface area contributed by atoms with Gasteiger partial charge in [-0.05, 0) is 43.2 Å². The van der Waals surface area contributed by atoms with Crippen molar-refractivity contribution >= 4 is 22.5 Å². The minimum Gasteiger partial charge on any atom is -0.374 e. The van der Waals surface area contributed by atoms with Gasteiger partial charge in [-0.25, -0.2) is 0 Å². The van der Waals surface area contributed by atoms with Crippen LogP contribution in [0.15, 0.2) is 60.8 Å². The molecule has 0 aliphatic heterocycles. The third kappa shape index (κ3) is 3.92. The molecule has 1 amide bonds. The molecule has 118 valence electrons. The maximum Gasteiger partial charge on any atom is 0.242 e. The molecule has 0 bridgehead atoms. The topological polar surface area (TPSA) is 56.9 Å². The summed E-state index contributed by atoms with van der Waals surface area (Å²) in [6, 6.07) is 17.9. The molecule has 2 aromatic carbocycles. The molecule has 3 rings (SSSR count). The van der Waals surface area contributed by atoms with Gasteiger partial charge in [-0.2, -0.15) is 0 Å². The molecule has 1 heterocycles. The van der Waals surface area contributed by atoms with Crippen molar-refractivity contribution in [3.05, 3.63) is 66.4 Å². The number of fused-ring (bicyclic) bond motifs is 1. The van der Waals surface area contributed by atoms with E-state index >= 15 is 0 Å². The van der Waals surface area contributed by atoms with Gasteiger partial charge >= 0.3 is 0 Å². The van der Waals surface area contributed by atoms with Crippen LogP contribution in [-0.2, 0) is 11.2 Å². The van der Waals surface area contributed by atoms with Gasteiger partial charge in [-0.3, -0.25) is 4.79 Å². The van der Waals surface area contributed by atoms with Gasteiger partial charge < -0.3 is 15.6 Å². The number of nitrogens with one attached hydrogen (secondary N) is 3. The first-order valence-electron chi connectivity index (χ1n) is 7.88. The van der Waals surface area contributed by atoms with E-state index in [1.54, 1.807) is 0 Å². The van der Waals surface area contributed by atoms with Crippen LogP contribution < -0.4 is 10.6 Å². The van der Waals surface area contributed by atoms with Crippen molar-refractivity contribution in [2.45, 2.75) is 19.4 Å². The minimum absolute atomic E-state index is 0.00935. The SMILES string of the molecule is C[C@H](Nc1ccc2[nH]ccc2c1)C(=O)NCCc1ccccc1. The Morgan fingerprint density at radius 1 is 1.13 bits per heavy atom. The second-order valence-electron chi connectivity index (χ2n) is 5.67. The standard InChI is InChI=1S/C19H21N3O/c1-14(19(23)21-11-9-15-5-3-2-4-6-15)22-17-7-8-18-16(13-17)10-12-20-18/h2-8,10,12-14,20,22H,9,11H2,1H3,(H,21,23)/t14-/m0/s1. The van der Waals surface area contributed by atoms with Crippen molar-refractivity contribution in [1.82, 2.24) is 10.3 Å². The molecule has 23 heavy (non-hydrogen) atoms. The van der Waals surface area contributed by atoms with E-state index in [1.165, 1.54) is 5.56 Å². The molecule has 1 atom stereocenters. The lowest BCUT2D eigenvalue weighted by molar-refractivity contribution is -0.121. The molecule has 3 aromatic rings. The lowest BCUT2D eigenvalue weighted by Crippen LogP contribution is -2.38. The number of amides is 1. The number of carbonyl (C=O) groups is 1. The number of carbonyl (C=O) groups excluding carboxylic acids is 1. The second kappa shape index (κ2) is 7.01. The van der Waals surface area contributed by atoms with Crippen LogP contribution in [0.2, 0.25) is 0 Å². The molecule has 1 aromatic heterocycles. The highest BCUT2D eigenvalue weighted by Gasteiger charge is 2.12. The monoisotopic (exact) mass is 307 g/mol. The zero-order valence-electron chi connectivity index (χ0n) is 13.2. The Hall–Kier alpha value is -2.75. The number of hydrogen-bond acceptors (Lipinski definition) is 2. The Bertz CT molecular complexity index is 779. The minimum atomic E-state index is -0.276. The normalized spacial score (nSPS) is 12.0. The molecule has 0 saturated carbocycles. The van der Waals surface area contributed by atoms with Crippen molar-refractivity contribution in [3.8, 4) is 0 Å². The molecule has 0 radical (unpaired) electrons. The highest BCUT2D eigenvalue weighted by atomic mass is 16.2. The fraction of sp³-hybridized carbons (Fsp3) is 0.211. The fourth-order valence-electron chi connectivity index (χ4n) is 2.59. The van der Waals surface area contributed by atoms with E-state index in [4.69, 9.17) is 0 Å². The summed E-state index contributed by atoms with van der Waals surface area (Å²) in [5, 5.41) is 7.35. The lowest BCUT2D eigenvalue weighted by atomic mass is 10.1. The van der Waals surface area contributed by atoms with Gasteiger partial charge in [0.15, 0.2) is 0 Å². The molecule has 4 heteroatoms. The number of aromatic nitrogens is 1. The van der Waals surface area contributed by atoms with Crippen molar-refractivity contribution in [1.29, 1.82) is 0 Å². The van der Waals surface area contributed by atoms with E-state index in [2.05, 4.69) is 27.8 Å². The van der Waals surface area contributed by atoms with Gasteiger partial charge in [0.05, 0.1) is 0 Å². The summed E-state index contributed by atoms with van der Waals surface area (Å²) < 4.78 is 0. The molecule has 3 N–H and O–H groups in total. The summed E-state index contributed by atoms with van der Waals surface area (Å²) in [6.45, 7) is 2.52. The van der Waals surface area contributed by atoms with Crippen LogP contribution in [0.1, 0.15) is 12.5 Å². The molecule has 0 aliphatic rings. The first kappa shape index (κ1) is 15.2. The zero-order chi connectivity index (χ0) is 16.1. The van der Waals surface area contributed by atoms with Crippen molar-refractivity contribution < 1.29 is 4.79 Å². The average molecular weight is 307 g/mol.